The zero-order valence-corrected chi connectivity index (χ0v) is 12.3. The maximum atomic E-state index is 4.80. The molecule has 11 heavy (non-hydrogen) atoms. The molecule has 5 heteroatoms. The Bertz CT molecular complexity index is 173. The minimum atomic E-state index is -0.250. The molecule has 2 nitrogen and oxygen atoms in total. The zero-order chi connectivity index (χ0) is 8.53. The van der Waals surface area contributed by atoms with Gasteiger partial charge in [-0.2, -0.15) is 0 Å². The van der Waals surface area contributed by atoms with E-state index in [-0.39, 0.29) is 13.2 Å². The molecule has 0 N–H and O–H groups in total. The summed E-state index contributed by atoms with van der Waals surface area (Å²) in [5.41, 5.74) is 0. The van der Waals surface area contributed by atoms with E-state index in [1.54, 1.807) is 19.4 Å². The Morgan fingerprint density at radius 3 is 2.36 bits per heavy atom. The van der Waals surface area contributed by atoms with Gasteiger partial charge in [0.2, 0.25) is 5.88 Å². The van der Waals surface area contributed by atoms with Crippen molar-refractivity contribution in [2.75, 3.05) is 7.11 Å². The van der Waals surface area contributed by atoms with Crippen LogP contribution >= 0.6 is 27.2 Å². The maximum absolute atomic E-state index is 4.80. The molecule has 0 bridgehead atoms. The van der Waals surface area contributed by atoms with E-state index < -0.39 is 0 Å². The van der Waals surface area contributed by atoms with Gasteiger partial charge in [0.15, 0.2) is 0 Å². The van der Waals surface area contributed by atoms with Gasteiger partial charge in [-0.3, -0.25) is 0 Å². The summed E-state index contributed by atoms with van der Waals surface area (Å²) in [5.74, 6) is 0.660. The molecule has 0 atom stereocenters. The summed E-state index contributed by atoms with van der Waals surface area (Å²) >= 11 is 6.25. The summed E-state index contributed by atoms with van der Waals surface area (Å²) in [6.45, 7) is 0. The molecule has 0 aliphatic heterocycles. The molecule has 0 saturated carbocycles. The quantitative estimate of drug-likeness (QED) is 0.737. The predicted molar refractivity (Wildman–Crippen MR) is 48.6 cm³/mol. The van der Waals surface area contributed by atoms with Gasteiger partial charge in [-0.25, -0.2) is 4.98 Å². The molecule has 0 spiro atoms. The Morgan fingerprint density at radius 1 is 1.45 bits per heavy atom. The normalized spacial score (nSPS) is 7.18. The van der Waals surface area contributed by atoms with Crippen molar-refractivity contribution in [2.45, 2.75) is 0 Å². The van der Waals surface area contributed by atoms with Crippen LogP contribution in [0.2, 0.25) is 0 Å². The van der Waals surface area contributed by atoms with Gasteiger partial charge < -0.3 is 4.74 Å². The van der Waals surface area contributed by atoms with Crippen molar-refractivity contribution in [1.82, 2.24) is 4.98 Å². The van der Waals surface area contributed by atoms with Crippen LogP contribution in [0.15, 0.2) is 24.4 Å². The molecular weight excluding hydrogens is 327 g/mol. The first-order chi connectivity index (χ1) is 5.35. The summed E-state index contributed by atoms with van der Waals surface area (Å²) in [4.78, 5) is 3.88. The second-order valence-electron chi connectivity index (χ2n) is 1.47. The molecule has 1 aromatic heterocycles. The SMILES string of the molecule is COc1ccccn1.[Br][Zn][Br]. The average Bonchev–Trinajstić information content (AvgIpc) is 2.08. The van der Waals surface area contributed by atoms with Gasteiger partial charge in [0.25, 0.3) is 0 Å². The average molecular weight is 334 g/mol. The molecule has 1 rings (SSSR count). The summed E-state index contributed by atoms with van der Waals surface area (Å²) in [6, 6.07) is 5.54. The van der Waals surface area contributed by atoms with Crippen LogP contribution in [0.3, 0.4) is 0 Å². The minimum absolute atomic E-state index is 0.250. The molecule has 0 aliphatic rings. The standard InChI is InChI=1S/C6H7NO.2BrH.Zn/c1-8-6-4-2-3-5-7-6;;;/h2-5H,1H3;2*1H;/q;;;+2/p-2. The van der Waals surface area contributed by atoms with Crippen molar-refractivity contribution in [3.05, 3.63) is 24.4 Å². The number of nitrogens with zero attached hydrogens (tertiary/aromatic N) is 1. The molecule has 1 aromatic rings. The van der Waals surface area contributed by atoms with Crippen LogP contribution in [0.1, 0.15) is 0 Å². The molecular formula is C6H7Br2NOZn. The van der Waals surface area contributed by atoms with E-state index in [2.05, 4.69) is 32.2 Å². The Labute approximate surface area is 87.1 Å². The molecule has 0 aromatic carbocycles. The molecule has 0 aliphatic carbocycles. The van der Waals surface area contributed by atoms with E-state index in [9.17, 15) is 0 Å². The van der Waals surface area contributed by atoms with Gasteiger partial charge >= 0.3 is 40.5 Å². The fourth-order valence-electron chi connectivity index (χ4n) is 0.468. The van der Waals surface area contributed by atoms with Crippen LogP contribution in [0, 0.1) is 0 Å². The van der Waals surface area contributed by atoms with Crippen LogP contribution in [-0.2, 0) is 13.2 Å². The van der Waals surface area contributed by atoms with Crippen molar-refractivity contribution >= 4 is 27.2 Å². The Kier molecular flexibility index (Phi) is 9.05. The van der Waals surface area contributed by atoms with Gasteiger partial charge in [-0.15, -0.1) is 0 Å². The summed E-state index contributed by atoms with van der Waals surface area (Å²) in [6.07, 6.45) is 1.69. The van der Waals surface area contributed by atoms with Gasteiger partial charge in [0.1, 0.15) is 0 Å². The van der Waals surface area contributed by atoms with Gasteiger partial charge in [0.05, 0.1) is 7.11 Å². The molecule has 0 fully saturated rings. The second-order valence-corrected chi connectivity index (χ2v) is 15.5. The number of aromatic nitrogens is 1. The van der Waals surface area contributed by atoms with Crippen molar-refractivity contribution in [2.24, 2.45) is 0 Å². The number of halogens is 2. The van der Waals surface area contributed by atoms with Crippen LogP contribution in [0.4, 0.5) is 0 Å². The number of hydrogen-bond acceptors (Lipinski definition) is 2. The third kappa shape index (κ3) is 6.91. The fraction of sp³-hybridized carbons (Fsp3) is 0.167. The Balaban J connectivity index is 0.000000292. The number of methoxy groups -OCH3 is 1. The molecule has 0 amide bonds. The first-order valence-electron chi connectivity index (χ1n) is 2.92. The topological polar surface area (TPSA) is 22.1 Å². The molecule has 0 radical (unpaired) electrons. The zero-order valence-electron chi connectivity index (χ0n) is 6.13. The van der Waals surface area contributed by atoms with Crippen LogP contribution in [0.5, 0.6) is 5.88 Å². The monoisotopic (exact) mass is 331 g/mol. The fourth-order valence-corrected chi connectivity index (χ4v) is 0.468. The van der Waals surface area contributed by atoms with Crippen molar-refractivity contribution < 1.29 is 17.9 Å². The summed E-state index contributed by atoms with van der Waals surface area (Å²) < 4.78 is 4.80. The summed E-state index contributed by atoms with van der Waals surface area (Å²) in [5, 5.41) is 0. The first-order valence-corrected chi connectivity index (χ1v) is 16.8. The van der Waals surface area contributed by atoms with Gasteiger partial charge in [-0.05, 0) is 6.07 Å². The van der Waals surface area contributed by atoms with Crippen LogP contribution in [0.25, 0.3) is 0 Å². The van der Waals surface area contributed by atoms with E-state index in [1.807, 2.05) is 12.1 Å². The number of rotatable bonds is 1. The molecule has 0 saturated heterocycles. The first kappa shape index (κ1) is 11.5. The molecule has 58 valence electrons. The van der Waals surface area contributed by atoms with Crippen molar-refractivity contribution in [3.63, 3.8) is 0 Å². The van der Waals surface area contributed by atoms with E-state index in [1.165, 1.54) is 0 Å². The second kappa shape index (κ2) is 8.63. The third-order valence-corrected chi connectivity index (χ3v) is 0.847. The van der Waals surface area contributed by atoms with E-state index in [0.29, 0.717) is 5.88 Å². The van der Waals surface area contributed by atoms with E-state index >= 15 is 0 Å². The number of hydrogen-bond donors (Lipinski definition) is 0. The van der Waals surface area contributed by atoms with Gasteiger partial charge in [0, 0.05) is 12.3 Å². The predicted octanol–water partition coefficient (Wildman–Crippen LogP) is 2.78. The number of pyridine rings is 1. The van der Waals surface area contributed by atoms with Crippen molar-refractivity contribution in [3.8, 4) is 5.88 Å². The summed E-state index contributed by atoms with van der Waals surface area (Å²) in [7, 11) is 1.60. The Hall–Kier alpha value is 0.533. The molecule has 0 unspecified atom stereocenters. The number of ether oxygens (including phenoxy) is 1. The van der Waals surface area contributed by atoms with Crippen LogP contribution in [-0.4, -0.2) is 12.1 Å². The molecule has 1 heterocycles. The van der Waals surface area contributed by atoms with E-state index in [0.717, 1.165) is 0 Å². The Morgan fingerprint density at radius 2 is 2.09 bits per heavy atom. The van der Waals surface area contributed by atoms with E-state index in [4.69, 9.17) is 4.74 Å². The van der Waals surface area contributed by atoms with Crippen molar-refractivity contribution in [1.29, 1.82) is 0 Å². The third-order valence-electron chi connectivity index (χ3n) is 0.847. The van der Waals surface area contributed by atoms with Crippen LogP contribution < -0.4 is 4.74 Å². The van der Waals surface area contributed by atoms with Gasteiger partial charge in [-0.1, -0.05) is 6.07 Å².